The van der Waals surface area contributed by atoms with Crippen LogP contribution in [0.5, 0.6) is 11.5 Å². The Balaban J connectivity index is 1.12. The first-order valence-corrected chi connectivity index (χ1v) is 15.6. The number of piperazine rings is 1. The van der Waals surface area contributed by atoms with Crippen molar-refractivity contribution in [3.05, 3.63) is 94.2 Å². The number of nitrogens with zero attached hydrogens (tertiary/aromatic N) is 4. The summed E-state index contributed by atoms with van der Waals surface area (Å²) >= 11 is 0. The lowest BCUT2D eigenvalue weighted by Gasteiger charge is -2.33. The van der Waals surface area contributed by atoms with Gasteiger partial charge in [0.2, 0.25) is 11.3 Å². The summed E-state index contributed by atoms with van der Waals surface area (Å²) in [5.74, 6) is -0.346. The van der Waals surface area contributed by atoms with Crippen molar-refractivity contribution in [1.82, 2.24) is 24.7 Å². The highest BCUT2D eigenvalue weighted by Crippen LogP contribution is 2.47. The number of carbonyl (C=O) groups excluding carboxylic acids is 2. The van der Waals surface area contributed by atoms with Crippen LogP contribution in [0.15, 0.2) is 71.8 Å². The van der Waals surface area contributed by atoms with Crippen LogP contribution in [0.2, 0.25) is 0 Å². The highest BCUT2D eigenvalue weighted by molar-refractivity contribution is 6.01. The number of aromatic nitrogens is 2. The van der Waals surface area contributed by atoms with Gasteiger partial charge in [0.15, 0.2) is 17.3 Å². The van der Waals surface area contributed by atoms with Crippen molar-refractivity contribution in [1.29, 1.82) is 0 Å². The number of halogens is 1. The number of benzene rings is 3. The molecule has 2 aromatic heterocycles. The number of rotatable bonds is 5. The minimum absolute atomic E-state index is 0.00556. The molecular weight excluding hydrogens is 587 g/mol. The molecule has 1 atom stereocenters. The number of aromatic amines is 1. The van der Waals surface area contributed by atoms with Crippen molar-refractivity contribution in [2.45, 2.75) is 18.9 Å². The molecule has 5 heterocycles. The van der Waals surface area contributed by atoms with E-state index in [2.05, 4.69) is 15.2 Å². The average molecular weight is 621 g/mol. The van der Waals surface area contributed by atoms with E-state index < -0.39 is 11.2 Å². The molecule has 0 bridgehead atoms. The lowest BCUT2D eigenvalue weighted by molar-refractivity contribution is -0.121. The van der Waals surface area contributed by atoms with Crippen LogP contribution in [0.4, 0.5) is 10.1 Å². The molecule has 3 aliphatic rings. The Morgan fingerprint density at radius 2 is 1.80 bits per heavy atom. The Morgan fingerprint density at radius 1 is 1.02 bits per heavy atom. The summed E-state index contributed by atoms with van der Waals surface area (Å²) in [4.78, 5) is 49.4. The SMILES string of the molecule is CN1CCN(C(=O)c2cn3c4c(c(N5CCC(NC(=O)Cc6c[nH]c7ccccc67)C5)c(F)cc4c2=O)Oc2ccccc2-3)CC1. The van der Waals surface area contributed by atoms with E-state index in [1.807, 2.05) is 60.6 Å². The van der Waals surface area contributed by atoms with Crippen LogP contribution in [0, 0.1) is 5.82 Å². The normalized spacial score (nSPS) is 17.7. The third-order valence-electron chi connectivity index (χ3n) is 9.42. The second-order valence-electron chi connectivity index (χ2n) is 12.4. The summed E-state index contributed by atoms with van der Waals surface area (Å²) in [6, 6.07) is 16.2. The molecule has 2 fully saturated rings. The number of nitrogens with one attached hydrogen (secondary N) is 2. The van der Waals surface area contributed by atoms with Gasteiger partial charge in [0.1, 0.15) is 16.8 Å². The van der Waals surface area contributed by atoms with Crippen LogP contribution in [0.1, 0.15) is 22.3 Å². The van der Waals surface area contributed by atoms with Crippen molar-refractivity contribution in [3.8, 4) is 17.2 Å². The van der Waals surface area contributed by atoms with Crippen molar-refractivity contribution in [2.75, 3.05) is 51.2 Å². The number of fused-ring (bicyclic) bond motifs is 3. The highest BCUT2D eigenvalue weighted by atomic mass is 19.1. The van der Waals surface area contributed by atoms with Gasteiger partial charge in [-0.15, -0.1) is 0 Å². The fourth-order valence-corrected chi connectivity index (χ4v) is 6.99. The summed E-state index contributed by atoms with van der Waals surface area (Å²) in [6.45, 7) is 3.32. The number of carbonyl (C=O) groups is 2. The largest absolute Gasteiger partial charge is 0.451 e. The molecule has 11 heteroatoms. The second-order valence-corrected chi connectivity index (χ2v) is 12.4. The molecule has 46 heavy (non-hydrogen) atoms. The van der Waals surface area contributed by atoms with E-state index in [0.717, 1.165) is 16.5 Å². The van der Waals surface area contributed by atoms with Crippen LogP contribution in [-0.4, -0.2) is 83.5 Å². The standard InChI is InChI=1S/C35H33FN6O4/c1-39-12-14-40(15-13-39)35(45)25-20-42-28-8-4-5-9-29(28)46-34-31(42)24(33(25)44)17-26(36)32(34)41-11-10-22(19-41)38-30(43)16-21-18-37-27-7-3-2-6-23(21)27/h2-9,17-18,20,22,37H,10-16,19H2,1H3,(H,38,43). The predicted molar refractivity (Wildman–Crippen MR) is 174 cm³/mol. The number of ether oxygens (including phenoxy) is 1. The van der Waals surface area contributed by atoms with Gasteiger partial charge in [-0.25, -0.2) is 4.39 Å². The van der Waals surface area contributed by atoms with E-state index in [1.54, 1.807) is 21.7 Å². The summed E-state index contributed by atoms with van der Waals surface area (Å²) in [6.07, 6.45) is 4.30. The van der Waals surface area contributed by atoms with Crippen LogP contribution in [-0.2, 0) is 11.2 Å². The summed E-state index contributed by atoms with van der Waals surface area (Å²) in [5.41, 5.74) is 2.70. The monoisotopic (exact) mass is 620 g/mol. The zero-order valence-corrected chi connectivity index (χ0v) is 25.4. The number of pyridine rings is 1. The van der Waals surface area contributed by atoms with Crippen molar-refractivity contribution in [3.63, 3.8) is 0 Å². The van der Waals surface area contributed by atoms with Crippen LogP contribution >= 0.6 is 0 Å². The number of hydrogen-bond acceptors (Lipinski definition) is 6. The minimum Gasteiger partial charge on any atom is -0.451 e. The van der Waals surface area contributed by atoms with E-state index in [0.29, 0.717) is 62.6 Å². The van der Waals surface area contributed by atoms with E-state index in [1.165, 1.54) is 6.07 Å². The number of H-pyrrole nitrogens is 1. The molecule has 2 amide bonds. The smallest absolute Gasteiger partial charge is 0.259 e. The zero-order valence-electron chi connectivity index (χ0n) is 25.4. The Hall–Kier alpha value is -5.16. The molecule has 5 aromatic rings. The number of hydrogen-bond donors (Lipinski definition) is 2. The van der Waals surface area contributed by atoms with Gasteiger partial charge in [-0.1, -0.05) is 30.3 Å². The van der Waals surface area contributed by atoms with Gasteiger partial charge in [0.05, 0.1) is 17.5 Å². The first-order valence-electron chi connectivity index (χ1n) is 15.6. The third-order valence-corrected chi connectivity index (χ3v) is 9.42. The van der Waals surface area contributed by atoms with Gasteiger partial charge < -0.3 is 34.3 Å². The maximum atomic E-state index is 16.2. The van der Waals surface area contributed by atoms with Gasteiger partial charge in [-0.05, 0) is 43.3 Å². The molecule has 2 N–H and O–H groups in total. The fraction of sp³-hybridized carbons (Fsp3) is 0.286. The van der Waals surface area contributed by atoms with Gasteiger partial charge in [0, 0.05) is 68.6 Å². The topological polar surface area (TPSA) is 103 Å². The molecule has 8 rings (SSSR count). The maximum absolute atomic E-state index is 16.2. The molecule has 0 saturated carbocycles. The zero-order chi connectivity index (χ0) is 31.5. The van der Waals surface area contributed by atoms with Crippen LogP contribution < -0.4 is 20.4 Å². The lowest BCUT2D eigenvalue weighted by Crippen LogP contribution is -2.48. The molecule has 1 unspecified atom stereocenters. The molecule has 0 aliphatic carbocycles. The molecular formula is C35H33FN6O4. The Morgan fingerprint density at radius 3 is 2.65 bits per heavy atom. The van der Waals surface area contributed by atoms with Crippen molar-refractivity contribution in [2.24, 2.45) is 0 Å². The number of para-hydroxylation sites is 3. The molecule has 0 spiro atoms. The molecule has 2 saturated heterocycles. The van der Waals surface area contributed by atoms with E-state index >= 15 is 4.39 Å². The Labute approximate surface area is 264 Å². The Bertz CT molecular complexity index is 2100. The summed E-state index contributed by atoms with van der Waals surface area (Å²) in [7, 11) is 2.00. The number of anilines is 1. The molecule has 234 valence electrons. The predicted octanol–water partition coefficient (Wildman–Crippen LogP) is 4.04. The third kappa shape index (κ3) is 4.69. The minimum atomic E-state index is -0.611. The van der Waals surface area contributed by atoms with Crippen LogP contribution in [0.25, 0.3) is 27.5 Å². The van der Waals surface area contributed by atoms with E-state index in [4.69, 9.17) is 4.74 Å². The van der Waals surface area contributed by atoms with Gasteiger partial charge in [-0.3, -0.25) is 14.4 Å². The fourth-order valence-electron chi connectivity index (χ4n) is 6.99. The van der Waals surface area contributed by atoms with Crippen molar-refractivity contribution >= 4 is 39.3 Å². The van der Waals surface area contributed by atoms with Gasteiger partial charge >= 0.3 is 0 Å². The quantitative estimate of drug-likeness (QED) is 0.302. The highest BCUT2D eigenvalue weighted by Gasteiger charge is 2.34. The Kier molecular flexibility index (Phi) is 6.79. The molecule has 0 radical (unpaired) electrons. The summed E-state index contributed by atoms with van der Waals surface area (Å²) < 4.78 is 24.3. The van der Waals surface area contributed by atoms with Gasteiger partial charge in [0.25, 0.3) is 5.91 Å². The molecule has 10 nitrogen and oxygen atoms in total. The molecule has 3 aromatic carbocycles. The summed E-state index contributed by atoms with van der Waals surface area (Å²) in [5, 5.41) is 4.23. The first kappa shape index (κ1) is 28.3. The van der Waals surface area contributed by atoms with Gasteiger partial charge in [-0.2, -0.15) is 0 Å². The molecule has 3 aliphatic heterocycles. The maximum Gasteiger partial charge on any atom is 0.259 e. The average Bonchev–Trinajstić information content (AvgIpc) is 3.69. The first-order chi connectivity index (χ1) is 22.4. The number of likely N-dealkylation sites (N-methyl/N-ethyl adjacent to an activating group) is 1. The van der Waals surface area contributed by atoms with Crippen LogP contribution in [0.3, 0.4) is 0 Å². The van der Waals surface area contributed by atoms with E-state index in [9.17, 15) is 14.4 Å². The van der Waals surface area contributed by atoms with Crippen molar-refractivity contribution < 1.29 is 18.7 Å². The van der Waals surface area contributed by atoms with E-state index in [-0.39, 0.29) is 46.7 Å². The lowest BCUT2D eigenvalue weighted by atomic mass is 10.0. The second kappa shape index (κ2) is 11.0. The number of amides is 2.